The summed E-state index contributed by atoms with van der Waals surface area (Å²) < 4.78 is 5.84. The van der Waals surface area contributed by atoms with E-state index in [1.54, 1.807) is 0 Å². The first-order valence-electron chi connectivity index (χ1n) is 10.3. The largest absolute Gasteiger partial charge is 0.498 e. The lowest BCUT2D eigenvalue weighted by Crippen LogP contribution is -2.50. The third kappa shape index (κ3) is 2.34. The lowest BCUT2D eigenvalue weighted by molar-refractivity contribution is 0.00835. The first-order chi connectivity index (χ1) is 11.9. The van der Waals surface area contributed by atoms with Crippen molar-refractivity contribution in [1.29, 1.82) is 0 Å². The quantitative estimate of drug-likeness (QED) is 0.537. The van der Waals surface area contributed by atoms with Crippen LogP contribution in [0.2, 0.25) is 0 Å². The maximum Gasteiger partial charge on any atom is 0.0962 e. The number of rotatable bonds is 3. The van der Waals surface area contributed by atoms with Crippen molar-refractivity contribution in [3.63, 3.8) is 0 Å². The fraction of sp³-hybridized carbons (Fsp3) is 0.667. The topological polar surface area (TPSA) is 9.23 Å². The molecule has 0 spiro atoms. The summed E-state index contributed by atoms with van der Waals surface area (Å²) in [5.74, 6) is 4.10. The first kappa shape index (κ1) is 17.2. The Kier molecular flexibility index (Phi) is 4.05. The summed E-state index contributed by atoms with van der Waals surface area (Å²) in [7, 11) is 0. The zero-order valence-corrected chi connectivity index (χ0v) is 16.3. The Balaban J connectivity index is 1.71. The maximum atomic E-state index is 5.84. The Morgan fingerprint density at radius 3 is 2.84 bits per heavy atom. The summed E-state index contributed by atoms with van der Waals surface area (Å²) in [4.78, 5) is 0. The number of allylic oxidation sites excluding steroid dienone is 6. The number of hydrogen-bond acceptors (Lipinski definition) is 1. The molecule has 0 aromatic carbocycles. The SMILES string of the molecule is C=C[C@H]1CCC2C3CC=C4C=C(OCC)CC[C@]4(C)C3C(=C)C[C@@]21C. The number of hydrogen-bond donors (Lipinski definition) is 0. The van der Waals surface area contributed by atoms with Crippen LogP contribution in [0.5, 0.6) is 0 Å². The predicted octanol–water partition coefficient (Wildman–Crippen LogP) is 6.45. The summed E-state index contributed by atoms with van der Waals surface area (Å²) in [5.41, 5.74) is 3.68. The molecule has 0 amide bonds. The van der Waals surface area contributed by atoms with Gasteiger partial charge in [0, 0.05) is 6.42 Å². The van der Waals surface area contributed by atoms with E-state index in [1.165, 1.54) is 49.0 Å². The average Bonchev–Trinajstić information content (AvgIpc) is 2.90. The Morgan fingerprint density at radius 1 is 1.32 bits per heavy atom. The summed E-state index contributed by atoms with van der Waals surface area (Å²) in [5, 5.41) is 0. The van der Waals surface area contributed by atoms with Gasteiger partial charge in [0.25, 0.3) is 0 Å². The van der Waals surface area contributed by atoms with Gasteiger partial charge in [-0.15, -0.1) is 6.58 Å². The van der Waals surface area contributed by atoms with Crippen LogP contribution in [-0.4, -0.2) is 6.61 Å². The minimum absolute atomic E-state index is 0.258. The van der Waals surface area contributed by atoms with Crippen LogP contribution in [0.3, 0.4) is 0 Å². The molecule has 1 nitrogen and oxygen atoms in total. The van der Waals surface area contributed by atoms with Gasteiger partial charge in [0.2, 0.25) is 0 Å². The summed E-state index contributed by atoms with van der Waals surface area (Å²) in [6.45, 7) is 16.7. The smallest absolute Gasteiger partial charge is 0.0962 e. The minimum atomic E-state index is 0.258. The van der Waals surface area contributed by atoms with Crippen molar-refractivity contribution in [2.75, 3.05) is 6.61 Å². The maximum absolute atomic E-state index is 5.84. The number of ether oxygens (including phenoxy) is 1. The van der Waals surface area contributed by atoms with E-state index in [0.29, 0.717) is 17.3 Å². The van der Waals surface area contributed by atoms with Gasteiger partial charge < -0.3 is 4.74 Å². The molecule has 0 N–H and O–H groups in total. The molecule has 4 aliphatic rings. The van der Waals surface area contributed by atoms with Gasteiger partial charge in [-0.1, -0.05) is 38.2 Å². The normalized spacial score (nSPS) is 45.6. The molecule has 25 heavy (non-hydrogen) atoms. The molecular formula is C24H34O. The van der Waals surface area contributed by atoms with E-state index in [-0.39, 0.29) is 5.41 Å². The van der Waals surface area contributed by atoms with Gasteiger partial charge in [-0.3, -0.25) is 0 Å². The van der Waals surface area contributed by atoms with Crippen molar-refractivity contribution < 1.29 is 4.74 Å². The second-order valence-electron chi connectivity index (χ2n) is 9.36. The second-order valence-corrected chi connectivity index (χ2v) is 9.36. The molecule has 6 atom stereocenters. The highest BCUT2D eigenvalue weighted by Gasteiger charge is 2.58. The van der Waals surface area contributed by atoms with Gasteiger partial charge in [-0.05, 0) is 85.2 Å². The lowest BCUT2D eigenvalue weighted by Gasteiger charge is -2.57. The van der Waals surface area contributed by atoms with Crippen LogP contribution in [0.15, 0.2) is 48.3 Å². The molecule has 4 rings (SSSR count). The highest BCUT2D eigenvalue weighted by molar-refractivity contribution is 5.39. The van der Waals surface area contributed by atoms with Gasteiger partial charge in [0.15, 0.2) is 0 Å². The Bertz CT molecular complexity index is 653. The molecular weight excluding hydrogens is 304 g/mol. The van der Waals surface area contributed by atoms with E-state index in [2.05, 4.69) is 52.2 Å². The Morgan fingerprint density at radius 2 is 2.12 bits per heavy atom. The monoisotopic (exact) mass is 338 g/mol. The van der Waals surface area contributed by atoms with Crippen LogP contribution in [0.25, 0.3) is 0 Å². The van der Waals surface area contributed by atoms with Gasteiger partial charge in [-0.2, -0.15) is 0 Å². The van der Waals surface area contributed by atoms with E-state index < -0.39 is 0 Å². The summed E-state index contributed by atoms with van der Waals surface area (Å²) >= 11 is 0. The van der Waals surface area contributed by atoms with Crippen molar-refractivity contribution in [3.05, 3.63) is 48.3 Å². The molecule has 0 bridgehead atoms. The summed E-state index contributed by atoms with van der Waals surface area (Å²) in [6, 6.07) is 0. The van der Waals surface area contributed by atoms with E-state index in [4.69, 9.17) is 4.74 Å². The molecule has 136 valence electrons. The molecule has 2 saturated carbocycles. The van der Waals surface area contributed by atoms with Gasteiger partial charge in [-0.25, -0.2) is 0 Å². The lowest BCUT2D eigenvalue weighted by atomic mass is 9.47. The third-order valence-corrected chi connectivity index (χ3v) is 8.25. The molecule has 0 radical (unpaired) electrons. The molecule has 1 heteroatoms. The van der Waals surface area contributed by atoms with Crippen LogP contribution >= 0.6 is 0 Å². The molecule has 0 aliphatic heterocycles. The highest BCUT2D eigenvalue weighted by Crippen LogP contribution is 2.67. The third-order valence-electron chi connectivity index (χ3n) is 8.25. The van der Waals surface area contributed by atoms with Gasteiger partial charge in [0.05, 0.1) is 12.4 Å². The van der Waals surface area contributed by atoms with Crippen molar-refractivity contribution in [2.24, 2.45) is 34.5 Å². The zero-order valence-electron chi connectivity index (χ0n) is 16.3. The van der Waals surface area contributed by atoms with Crippen LogP contribution in [0.4, 0.5) is 0 Å². The molecule has 0 heterocycles. The van der Waals surface area contributed by atoms with Crippen molar-refractivity contribution in [3.8, 4) is 0 Å². The molecule has 2 fully saturated rings. The summed E-state index contributed by atoms with van der Waals surface area (Å²) in [6.07, 6.45) is 14.5. The van der Waals surface area contributed by atoms with E-state index in [1.807, 2.05) is 0 Å². The van der Waals surface area contributed by atoms with Crippen LogP contribution < -0.4 is 0 Å². The van der Waals surface area contributed by atoms with Gasteiger partial charge >= 0.3 is 0 Å². The van der Waals surface area contributed by atoms with E-state index >= 15 is 0 Å². The Labute approximate surface area is 153 Å². The minimum Gasteiger partial charge on any atom is -0.498 e. The molecule has 3 unspecified atom stereocenters. The van der Waals surface area contributed by atoms with Crippen molar-refractivity contribution in [2.45, 2.75) is 59.3 Å². The molecule has 0 aromatic rings. The van der Waals surface area contributed by atoms with Gasteiger partial charge in [0.1, 0.15) is 0 Å². The predicted molar refractivity (Wildman–Crippen MR) is 105 cm³/mol. The fourth-order valence-electron chi connectivity index (χ4n) is 7.13. The van der Waals surface area contributed by atoms with Crippen LogP contribution in [-0.2, 0) is 4.74 Å². The average molecular weight is 339 g/mol. The molecule has 4 aliphatic carbocycles. The second kappa shape index (κ2) is 5.89. The zero-order chi connectivity index (χ0) is 17.8. The van der Waals surface area contributed by atoms with Crippen LogP contribution in [0, 0.1) is 34.5 Å². The van der Waals surface area contributed by atoms with Crippen molar-refractivity contribution in [1.82, 2.24) is 0 Å². The van der Waals surface area contributed by atoms with E-state index in [0.717, 1.165) is 24.9 Å². The first-order valence-corrected chi connectivity index (χ1v) is 10.3. The molecule has 0 aromatic heterocycles. The van der Waals surface area contributed by atoms with Crippen LogP contribution in [0.1, 0.15) is 59.3 Å². The Hall–Kier alpha value is -1.24. The van der Waals surface area contributed by atoms with Crippen molar-refractivity contribution >= 4 is 0 Å². The number of fused-ring (bicyclic) bond motifs is 5. The highest BCUT2D eigenvalue weighted by atomic mass is 16.5. The van der Waals surface area contributed by atoms with E-state index in [9.17, 15) is 0 Å². The molecule has 0 saturated heterocycles. The fourth-order valence-corrected chi connectivity index (χ4v) is 7.13. The standard InChI is InChI=1S/C24H34O/c1-6-17-9-11-21-20-10-8-18-14-19(25-7-2)12-13-23(18,4)22(20)16(3)15-24(17,21)5/h6,8,14,17,20-22H,1,3,7,9-13,15H2,2,4-5H3/t17-,20?,21?,22?,23-,24+/m0/s1.